The maximum Gasteiger partial charge on any atom is 0.407 e. The molecule has 1 fully saturated rings. The average Bonchev–Trinajstić information content (AvgIpc) is 2.66. The van der Waals surface area contributed by atoms with Gasteiger partial charge in [-0.2, -0.15) is 0 Å². The maximum atomic E-state index is 14.4. The van der Waals surface area contributed by atoms with E-state index in [-0.39, 0.29) is 31.9 Å². The van der Waals surface area contributed by atoms with Crippen LogP contribution < -0.4 is 4.90 Å². The molecule has 1 atom stereocenters. The second-order valence-corrected chi connectivity index (χ2v) is 7.88. The molecule has 0 radical (unpaired) electrons. The lowest BCUT2D eigenvalue weighted by Crippen LogP contribution is -2.60. The molecule has 1 N–H and O–H groups in total. The van der Waals surface area contributed by atoms with Gasteiger partial charge in [0.15, 0.2) is 0 Å². The largest absolute Gasteiger partial charge is 0.465 e. The molecule has 30 heavy (non-hydrogen) atoms. The molecule has 2 aromatic carbocycles. The van der Waals surface area contributed by atoms with Gasteiger partial charge in [-0.05, 0) is 35.9 Å². The molecule has 3 rings (SSSR count). The van der Waals surface area contributed by atoms with Gasteiger partial charge in [-0.3, -0.25) is 4.79 Å². The van der Waals surface area contributed by atoms with E-state index in [4.69, 9.17) is 23.2 Å². The summed E-state index contributed by atoms with van der Waals surface area (Å²) in [4.78, 5) is 28.6. The predicted molar refractivity (Wildman–Crippen MR) is 110 cm³/mol. The van der Waals surface area contributed by atoms with Crippen molar-refractivity contribution >= 4 is 40.9 Å². The second kappa shape index (κ2) is 9.06. The number of anilines is 1. The first-order chi connectivity index (χ1) is 14.2. The highest BCUT2D eigenvalue weighted by atomic mass is 35.5. The van der Waals surface area contributed by atoms with Crippen LogP contribution in [0.5, 0.6) is 0 Å². The molecular weight excluding hydrogens is 439 g/mol. The number of benzene rings is 2. The molecule has 0 bridgehead atoms. The van der Waals surface area contributed by atoms with E-state index >= 15 is 0 Å². The van der Waals surface area contributed by atoms with Crippen molar-refractivity contribution in [2.45, 2.75) is 12.6 Å². The van der Waals surface area contributed by atoms with Crippen LogP contribution in [0.2, 0.25) is 10.0 Å². The minimum atomic E-state index is -1.17. The van der Waals surface area contributed by atoms with Crippen LogP contribution in [0, 0.1) is 11.6 Å². The van der Waals surface area contributed by atoms with Gasteiger partial charge >= 0.3 is 6.09 Å². The van der Waals surface area contributed by atoms with Crippen molar-refractivity contribution in [2.75, 3.05) is 31.6 Å². The van der Waals surface area contributed by atoms with Gasteiger partial charge in [0.2, 0.25) is 5.91 Å². The number of carboxylic acid groups (broad SMARTS) is 1. The molecule has 6 nitrogen and oxygen atoms in total. The standard InChI is InChI=1S/C20H19Cl2F2N3O3/c1-25(10-12-6-13(21)8-14(22)7-12)19(28)18-11-26(20(29)30)4-5-27(18)17-3-2-15(23)9-16(17)24/h2-3,6-9,18H,4-5,10-11H2,1H3,(H,29,30). The Kier molecular flexibility index (Phi) is 6.67. The van der Waals surface area contributed by atoms with Gasteiger partial charge in [-0.15, -0.1) is 0 Å². The summed E-state index contributed by atoms with van der Waals surface area (Å²) in [6.45, 7) is 0.194. The summed E-state index contributed by atoms with van der Waals surface area (Å²) in [5, 5.41) is 10.2. The van der Waals surface area contributed by atoms with Crippen molar-refractivity contribution in [3.8, 4) is 0 Å². The highest BCUT2D eigenvalue weighted by molar-refractivity contribution is 6.34. The zero-order valence-corrected chi connectivity index (χ0v) is 17.5. The Morgan fingerprint density at radius 3 is 2.40 bits per heavy atom. The Bertz CT molecular complexity index is 956. The van der Waals surface area contributed by atoms with Gasteiger partial charge in [0.05, 0.1) is 12.2 Å². The fourth-order valence-corrected chi connectivity index (χ4v) is 4.05. The molecule has 0 saturated carbocycles. The van der Waals surface area contributed by atoms with E-state index in [2.05, 4.69) is 0 Å². The molecule has 2 amide bonds. The van der Waals surface area contributed by atoms with Crippen molar-refractivity contribution in [2.24, 2.45) is 0 Å². The van der Waals surface area contributed by atoms with E-state index in [0.717, 1.165) is 17.0 Å². The van der Waals surface area contributed by atoms with Gasteiger partial charge in [0, 0.05) is 42.8 Å². The summed E-state index contributed by atoms with van der Waals surface area (Å²) in [6, 6.07) is 7.00. The second-order valence-electron chi connectivity index (χ2n) is 7.01. The number of nitrogens with zero attached hydrogens (tertiary/aromatic N) is 3. The van der Waals surface area contributed by atoms with E-state index in [1.165, 1.54) is 15.9 Å². The molecule has 1 aliphatic rings. The van der Waals surface area contributed by atoms with Crippen LogP contribution in [-0.4, -0.2) is 59.6 Å². The van der Waals surface area contributed by atoms with Gasteiger partial charge in [0.1, 0.15) is 17.7 Å². The zero-order valence-electron chi connectivity index (χ0n) is 16.0. The van der Waals surface area contributed by atoms with Gasteiger partial charge in [-0.1, -0.05) is 23.2 Å². The number of amides is 2. The Hall–Kier alpha value is -2.58. The molecule has 10 heteroatoms. The lowest BCUT2D eigenvalue weighted by Gasteiger charge is -2.42. The molecule has 0 aliphatic carbocycles. The summed E-state index contributed by atoms with van der Waals surface area (Å²) in [5.74, 6) is -1.97. The number of rotatable bonds is 4. The minimum Gasteiger partial charge on any atom is -0.465 e. The van der Waals surface area contributed by atoms with Crippen LogP contribution in [0.1, 0.15) is 5.56 Å². The van der Waals surface area contributed by atoms with Crippen molar-refractivity contribution in [1.82, 2.24) is 9.80 Å². The first-order valence-corrected chi connectivity index (χ1v) is 9.81. The Morgan fingerprint density at radius 2 is 1.80 bits per heavy atom. The fourth-order valence-electron chi connectivity index (χ4n) is 3.48. The Labute approximate surface area is 182 Å². The van der Waals surface area contributed by atoms with E-state index in [0.29, 0.717) is 15.6 Å². The summed E-state index contributed by atoms with van der Waals surface area (Å²) < 4.78 is 27.7. The zero-order chi connectivity index (χ0) is 22.0. The molecular formula is C20H19Cl2F2N3O3. The van der Waals surface area contributed by atoms with Gasteiger partial charge < -0.3 is 19.8 Å². The fraction of sp³-hybridized carbons (Fsp3) is 0.300. The van der Waals surface area contributed by atoms with Crippen LogP contribution in [0.3, 0.4) is 0 Å². The number of halogens is 4. The molecule has 0 aromatic heterocycles. The van der Waals surface area contributed by atoms with Crippen LogP contribution in [0.15, 0.2) is 36.4 Å². The monoisotopic (exact) mass is 457 g/mol. The quantitative estimate of drug-likeness (QED) is 0.750. The van der Waals surface area contributed by atoms with E-state index in [1.54, 1.807) is 25.2 Å². The molecule has 160 valence electrons. The molecule has 1 unspecified atom stereocenters. The maximum absolute atomic E-state index is 14.4. The topological polar surface area (TPSA) is 64.1 Å². The normalized spacial score (nSPS) is 16.5. The first kappa shape index (κ1) is 22.1. The number of hydrogen-bond acceptors (Lipinski definition) is 3. The highest BCUT2D eigenvalue weighted by Gasteiger charge is 2.37. The third-order valence-corrected chi connectivity index (χ3v) is 5.31. The predicted octanol–water partition coefficient (Wildman–Crippen LogP) is 4.10. The highest BCUT2D eigenvalue weighted by Crippen LogP contribution is 2.26. The summed E-state index contributed by atoms with van der Waals surface area (Å²) >= 11 is 12.0. The molecule has 1 heterocycles. The lowest BCUT2D eigenvalue weighted by atomic mass is 10.1. The Balaban J connectivity index is 1.87. The van der Waals surface area contributed by atoms with Crippen LogP contribution in [-0.2, 0) is 11.3 Å². The van der Waals surface area contributed by atoms with E-state index < -0.39 is 29.7 Å². The summed E-state index contributed by atoms with van der Waals surface area (Å²) in [5.41, 5.74) is 0.729. The van der Waals surface area contributed by atoms with Crippen molar-refractivity contribution in [1.29, 1.82) is 0 Å². The smallest absolute Gasteiger partial charge is 0.407 e. The number of carbonyl (C=O) groups excluding carboxylic acids is 1. The first-order valence-electron chi connectivity index (χ1n) is 9.05. The summed E-state index contributed by atoms with van der Waals surface area (Å²) in [6.07, 6.45) is -1.17. The third-order valence-electron chi connectivity index (χ3n) is 4.87. The SMILES string of the molecule is CN(Cc1cc(Cl)cc(Cl)c1)C(=O)C1CN(C(=O)O)CCN1c1ccc(F)cc1F. The minimum absolute atomic E-state index is 0.0407. The van der Waals surface area contributed by atoms with E-state index in [1.807, 2.05) is 0 Å². The van der Waals surface area contributed by atoms with Gasteiger partial charge in [0.25, 0.3) is 0 Å². The number of carbonyl (C=O) groups is 2. The lowest BCUT2D eigenvalue weighted by molar-refractivity contribution is -0.132. The average molecular weight is 458 g/mol. The van der Waals surface area contributed by atoms with Crippen LogP contribution in [0.4, 0.5) is 19.3 Å². The van der Waals surface area contributed by atoms with Crippen molar-refractivity contribution in [3.05, 3.63) is 63.6 Å². The van der Waals surface area contributed by atoms with E-state index in [9.17, 15) is 23.5 Å². The molecule has 0 spiro atoms. The van der Waals surface area contributed by atoms with Crippen LogP contribution >= 0.6 is 23.2 Å². The molecule has 2 aromatic rings. The molecule has 1 aliphatic heterocycles. The Morgan fingerprint density at radius 1 is 1.13 bits per heavy atom. The number of hydrogen-bond donors (Lipinski definition) is 1. The number of likely N-dealkylation sites (N-methyl/N-ethyl adjacent to an activating group) is 1. The molecule has 1 saturated heterocycles. The third kappa shape index (κ3) is 4.94. The van der Waals surface area contributed by atoms with Crippen molar-refractivity contribution < 1.29 is 23.5 Å². The summed E-state index contributed by atoms with van der Waals surface area (Å²) in [7, 11) is 1.55. The number of piperazine rings is 1. The van der Waals surface area contributed by atoms with Crippen molar-refractivity contribution in [3.63, 3.8) is 0 Å². The van der Waals surface area contributed by atoms with Gasteiger partial charge in [-0.25, -0.2) is 13.6 Å². The van der Waals surface area contributed by atoms with Crippen LogP contribution in [0.25, 0.3) is 0 Å².